The highest BCUT2D eigenvalue weighted by Gasteiger charge is 2.51. The Hall–Kier alpha value is -1.47. The van der Waals surface area contributed by atoms with Gasteiger partial charge in [-0.25, -0.2) is 0 Å². The van der Waals surface area contributed by atoms with Crippen molar-refractivity contribution in [3.63, 3.8) is 0 Å². The van der Waals surface area contributed by atoms with E-state index in [4.69, 9.17) is 5.26 Å². The molecule has 0 unspecified atom stereocenters. The molecule has 0 aromatic heterocycles. The molecule has 4 bridgehead atoms. The summed E-state index contributed by atoms with van der Waals surface area (Å²) in [7, 11) is 0. The lowest BCUT2D eigenvalue weighted by Gasteiger charge is -2.56. The van der Waals surface area contributed by atoms with Crippen LogP contribution in [0.3, 0.4) is 0 Å². The summed E-state index contributed by atoms with van der Waals surface area (Å²) in [5, 5.41) is 12.0. The Morgan fingerprint density at radius 1 is 1.17 bits per heavy atom. The van der Waals surface area contributed by atoms with Crippen LogP contribution in [-0.4, -0.2) is 16.4 Å². The van der Waals surface area contributed by atoms with Crippen molar-refractivity contribution in [2.24, 2.45) is 17.8 Å². The van der Waals surface area contributed by atoms with E-state index in [0.717, 1.165) is 17.8 Å². The van der Waals surface area contributed by atoms with Gasteiger partial charge >= 0.3 is 0 Å². The SMILES string of the molecule is N#Cc1ccccc1NC(=O)CSC12CC3CC(CC(C3)C1)C2. The summed E-state index contributed by atoms with van der Waals surface area (Å²) < 4.78 is 0.362. The summed E-state index contributed by atoms with van der Waals surface area (Å²) in [5.41, 5.74) is 1.16. The van der Waals surface area contributed by atoms with E-state index in [1.54, 1.807) is 12.1 Å². The predicted molar refractivity (Wildman–Crippen MR) is 93.1 cm³/mol. The zero-order valence-electron chi connectivity index (χ0n) is 13.3. The second kappa shape index (κ2) is 5.87. The van der Waals surface area contributed by atoms with E-state index in [9.17, 15) is 4.79 Å². The van der Waals surface area contributed by atoms with Crippen LogP contribution in [0.25, 0.3) is 0 Å². The lowest BCUT2D eigenvalue weighted by molar-refractivity contribution is -0.113. The van der Waals surface area contributed by atoms with E-state index in [1.165, 1.54) is 38.5 Å². The lowest BCUT2D eigenvalue weighted by Crippen LogP contribution is -2.49. The van der Waals surface area contributed by atoms with Crippen LogP contribution in [-0.2, 0) is 4.79 Å². The minimum absolute atomic E-state index is 0.0217. The second-order valence-corrected chi connectivity index (χ2v) is 9.04. The Bertz CT molecular complexity index is 628. The maximum Gasteiger partial charge on any atom is 0.234 e. The summed E-state index contributed by atoms with van der Waals surface area (Å²) >= 11 is 1.88. The summed E-state index contributed by atoms with van der Waals surface area (Å²) in [4.78, 5) is 12.3. The fourth-order valence-electron chi connectivity index (χ4n) is 5.30. The van der Waals surface area contributed by atoms with Crippen LogP contribution in [0.1, 0.15) is 44.1 Å². The number of hydrogen-bond acceptors (Lipinski definition) is 3. The second-order valence-electron chi connectivity index (χ2n) is 7.59. The zero-order valence-corrected chi connectivity index (χ0v) is 14.1. The smallest absolute Gasteiger partial charge is 0.234 e. The molecule has 23 heavy (non-hydrogen) atoms. The van der Waals surface area contributed by atoms with E-state index in [1.807, 2.05) is 23.9 Å². The van der Waals surface area contributed by atoms with Gasteiger partial charge in [-0.2, -0.15) is 5.26 Å². The number of benzene rings is 1. The molecule has 120 valence electrons. The van der Waals surface area contributed by atoms with E-state index >= 15 is 0 Å². The zero-order chi connectivity index (χ0) is 15.9. The van der Waals surface area contributed by atoms with Gasteiger partial charge in [-0.3, -0.25) is 4.79 Å². The first-order valence-corrected chi connectivity index (χ1v) is 9.57. The van der Waals surface area contributed by atoms with Crippen molar-refractivity contribution in [2.45, 2.75) is 43.3 Å². The number of para-hydroxylation sites is 1. The number of carbonyl (C=O) groups excluding carboxylic acids is 1. The van der Waals surface area contributed by atoms with Gasteiger partial charge in [0.2, 0.25) is 5.91 Å². The number of nitrogens with zero attached hydrogens (tertiary/aromatic N) is 1. The molecule has 1 amide bonds. The molecule has 4 fully saturated rings. The number of nitriles is 1. The van der Waals surface area contributed by atoms with E-state index in [2.05, 4.69) is 11.4 Å². The van der Waals surface area contributed by atoms with Crippen molar-refractivity contribution in [2.75, 3.05) is 11.1 Å². The van der Waals surface area contributed by atoms with E-state index in [-0.39, 0.29) is 5.91 Å². The van der Waals surface area contributed by atoms with Gasteiger partial charge < -0.3 is 5.32 Å². The van der Waals surface area contributed by atoms with Gasteiger partial charge in [0.1, 0.15) is 6.07 Å². The molecule has 1 aromatic rings. The van der Waals surface area contributed by atoms with Crippen LogP contribution >= 0.6 is 11.8 Å². The third kappa shape index (κ3) is 2.99. The molecule has 4 saturated carbocycles. The molecule has 0 atom stereocenters. The fraction of sp³-hybridized carbons (Fsp3) is 0.579. The Labute approximate surface area is 141 Å². The fourth-order valence-corrected chi connectivity index (χ4v) is 6.87. The van der Waals surface area contributed by atoms with Crippen LogP contribution in [0, 0.1) is 29.1 Å². The average Bonchev–Trinajstić information content (AvgIpc) is 2.52. The normalized spacial score (nSPS) is 34.1. The number of nitrogens with one attached hydrogen (secondary N) is 1. The molecule has 4 heteroatoms. The van der Waals surface area contributed by atoms with Gasteiger partial charge in [0.05, 0.1) is 17.0 Å². The highest BCUT2D eigenvalue weighted by molar-refractivity contribution is 8.01. The molecule has 0 saturated heterocycles. The number of hydrogen-bond donors (Lipinski definition) is 1. The molecule has 1 aromatic carbocycles. The third-order valence-corrected chi connectivity index (χ3v) is 7.33. The van der Waals surface area contributed by atoms with Crippen LogP contribution in [0.5, 0.6) is 0 Å². The Kier molecular flexibility index (Phi) is 3.85. The Balaban J connectivity index is 1.38. The lowest BCUT2D eigenvalue weighted by atomic mass is 9.56. The average molecular weight is 326 g/mol. The van der Waals surface area contributed by atoms with Crippen molar-refractivity contribution in [1.29, 1.82) is 5.26 Å². The van der Waals surface area contributed by atoms with E-state index < -0.39 is 0 Å². The summed E-state index contributed by atoms with van der Waals surface area (Å²) in [6.07, 6.45) is 8.23. The third-order valence-electron chi connectivity index (χ3n) is 5.81. The number of anilines is 1. The standard InChI is InChI=1S/C19H22N2OS/c20-11-16-3-1-2-4-17(16)21-18(22)12-23-19-8-13-5-14(9-19)7-15(6-13)10-19/h1-4,13-15H,5-10,12H2,(H,21,22). The van der Waals surface area contributed by atoms with Crippen molar-refractivity contribution >= 4 is 23.4 Å². The molecule has 0 radical (unpaired) electrons. The van der Waals surface area contributed by atoms with Crippen LogP contribution < -0.4 is 5.32 Å². The van der Waals surface area contributed by atoms with Crippen molar-refractivity contribution in [1.82, 2.24) is 0 Å². The maximum atomic E-state index is 12.3. The Morgan fingerprint density at radius 2 is 1.78 bits per heavy atom. The molecule has 3 nitrogen and oxygen atoms in total. The van der Waals surface area contributed by atoms with Gasteiger partial charge in [-0.05, 0) is 68.4 Å². The molecule has 0 aliphatic heterocycles. The van der Waals surface area contributed by atoms with Gasteiger partial charge in [0.25, 0.3) is 0 Å². The molecular weight excluding hydrogens is 304 g/mol. The molecule has 0 heterocycles. The van der Waals surface area contributed by atoms with Gasteiger partial charge in [0, 0.05) is 4.75 Å². The molecule has 4 aliphatic rings. The van der Waals surface area contributed by atoms with Gasteiger partial charge in [-0.15, -0.1) is 11.8 Å². The molecular formula is C19H22N2OS. The largest absolute Gasteiger partial charge is 0.324 e. The molecule has 4 aliphatic carbocycles. The predicted octanol–water partition coefficient (Wildman–Crippen LogP) is 4.20. The number of amides is 1. The van der Waals surface area contributed by atoms with Crippen LogP contribution in [0.4, 0.5) is 5.69 Å². The number of carbonyl (C=O) groups is 1. The quantitative estimate of drug-likeness (QED) is 0.902. The minimum atomic E-state index is 0.0217. The first kappa shape index (κ1) is 15.1. The summed E-state index contributed by atoms with van der Waals surface area (Å²) in [6.45, 7) is 0. The first-order valence-electron chi connectivity index (χ1n) is 8.59. The molecule has 0 spiro atoms. The molecule has 5 rings (SSSR count). The Morgan fingerprint density at radius 3 is 2.39 bits per heavy atom. The van der Waals surface area contributed by atoms with Crippen LogP contribution in [0.2, 0.25) is 0 Å². The van der Waals surface area contributed by atoms with Crippen LogP contribution in [0.15, 0.2) is 24.3 Å². The van der Waals surface area contributed by atoms with Gasteiger partial charge in [0.15, 0.2) is 0 Å². The summed E-state index contributed by atoms with van der Waals surface area (Å²) in [6, 6.07) is 9.33. The number of rotatable bonds is 4. The minimum Gasteiger partial charge on any atom is -0.324 e. The monoisotopic (exact) mass is 326 g/mol. The van der Waals surface area contributed by atoms with Crippen molar-refractivity contribution < 1.29 is 4.79 Å². The number of thioether (sulfide) groups is 1. The van der Waals surface area contributed by atoms with E-state index in [0.29, 0.717) is 21.8 Å². The van der Waals surface area contributed by atoms with Crippen molar-refractivity contribution in [3.05, 3.63) is 29.8 Å². The van der Waals surface area contributed by atoms with Crippen molar-refractivity contribution in [3.8, 4) is 6.07 Å². The topological polar surface area (TPSA) is 52.9 Å². The first-order chi connectivity index (χ1) is 11.2. The molecule has 1 N–H and O–H groups in total. The maximum absolute atomic E-state index is 12.3. The summed E-state index contributed by atoms with van der Waals surface area (Å²) in [5.74, 6) is 3.27. The highest BCUT2D eigenvalue weighted by Crippen LogP contribution is 2.60. The highest BCUT2D eigenvalue weighted by atomic mass is 32.2. The van der Waals surface area contributed by atoms with Gasteiger partial charge in [-0.1, -0.05) is 12.1 Å².